The van der Waals surface area contributed by atoms with Gasteiger partial charge in [-0.05, 0) is 24.6 Å². The van der Waals surface area contributed by atoms with Crippen LogP contribution in [0.1, 0.15) is 18.4 Å². The zero-order chi connectivity index (χ0) is 10.7. The minimum atomic E-state index is -0.413. The molecule has 0 atom stereocenters. The molecule has 1 aromatic carbocycles. The van der Waals surface area contributed by atoms with Crippen LogP contribution in [0.4, 0.5) is 10.1 Å². The van der Waals surface area contributed by atoms with Gasteiger partial charge in [0.15, 0.2) is 0 Å². The Hall–Kier alpha value is -1.89. The Bertz CT molecular complexity index is 446. The molecule has 0 bridgehead atoms. The predicted octanol–water partition coefficient (Wildman–Crippen LogP) is 2.30. The number of aliphatic imine (C=N–C) groups is 1. The van der Waals surface area contributed by atoms with Crippen molar-refractivity contribution < 1.29 is 4.39 Å². The Kier molecular flexibility index (Phi) is 2.64. The van der Waals surface area contributed by atoms with Crippen LogP contribution in [0.2, 0.25) is 0 Å². The molecule has 0 aromatic heterocycles. The van der Waals surface area contributed by atoms with Crippen LogP contribution in [-0.4, -0.2) is 12.4 Å². The molecule has 0 unspecified atom stereocenters. The molecule has 0 fully saturated rings. The molecule has 4 heteroatoms. The standard InChI is InChI=1S/C11H10FN3/c12-9-6-8(7-13)3-4-10(9)15-11-2-1-5-14-11/h3-4,6H,1-2,5H2,(H,14,15). The van der Waals surface area contributed by atoms with Gasteiger partial charge in [-0.1, -0.05) is 0 Å². The summed E-state index contributed by atoms with van der Waals surface area (Å²) in [6, 6.07) is 6.26. The van der Waals surface area contributed by atoms with Crippen LogP contribution in [0.3, 0.4) is 0 Å². The van der Waals surface area contributed by atoms with E-state index >= 15 is 0 Å². The summed E-state index contributed by atoms with van der Waals surface area (Å²) >= 11 is 0. The predicted molar refractivity (Wildman–Crippen MR) is 56.3 cm³/mol. The van der Waals surface area contributed by atoms with Gasteiger partial charge in [-0.15, -0.1) is 0 Å². The maximum absolute atomic E-state index is 13.4. The Morgan fingerprint density at radius 3 is 2.93 bits per heavy atom. The molecule has 0 aliphatic carbocycles. The minimum absolute atomic E-state index is 0.325. The molecule has 0 radical (unpaired) electrons. The molecule has 0 saturated carbocycles. The fourth-order valence-electron chi connectivity index (χ4n) is 1.48. The quantitative estimate of drug-likeness (QED) is 0.761. The van der Waals surface area contributed by atoms with E-state index in [0.717, 1.165) is 25.2 Å². The number of hydrogen-bond acceptors (Lipinski definition) is 3. The molecule has 1 aliphatic heterocycles. The first-order valence-corrected chi connectivity index (χ1v) is 4.79. The first kappa shape index (κ1) is 9.66. The Morgan fingerprint density at radius 1 is 1.47 bits per heavy atom. The topological polar surface area (TPSA) is 48.2 Å². The molecule has 1 aliphatic rings. The molecule has 1 N–H and O–H groups in total. The van der Waals surface area contributed by atoms with Gasteiger partial charge in [0.05, 0.1) is 17.3 Å². The van der Waals surface area contributed by atoms with Gasteiger partial charge in [-0.2, -0.15) is 5.26 Å². The Labute approximate surface area is 87.3 Å². The lowest BCUT2D eigenvalue weighted by molar-refractivity contribution is 0.631. The second kappa shape index (κ2) is 4.09. The zero-order valence-corrected chi connectivity index (χ0v) is 8.13. The summed E-state index contributed by atoms with van der Waals surface area (Å²) in [5, 5.41) is 11.5. The number of hydrogen-bond donors (Lipinski definition) is 1. The van der Waals surface area contributed by atoms with E-state index in [2.05, 4.69) is 10.3 Å². The summed E-state index contributed by atoms with van der Waals surface area (Å²) in [7, 11) is 0. The summed E-state index contributed by atoms with van der Waals surface area (Å²) in [6.07, 6.45) is 1.87. The fourth-order valence-corrected chi connectivity index (χ4v) is 1.48. The molecule has 1 heterocycles. The first-order chi connectivity index (χ1) is 7.29. The second-order valence-corrected chi connectivity index (χ2v) is 3.36. The molecule has 1 aromatic rings. The highest BCUT2D eigenvalue weighted by atomic mass is 19.1. The highest BCUT2D eigenvalue weighted by Crippen LogP contribution is 2.17. The van der Waals surface area contributed by atoms with E-state index in [-0.39, 0.29) is 0 Å². The number of anilines is 1. The van der Waals surface area contributed by atoms with Crippen molar-refractivity contribution in [2.75, 3.05) is 11.9 Å². The van der Waals surface area contributed by atoms with Crippen molar-refractivity contribution >= 4 is 11.5 Å². The maximum atomic E-state index is 13.4. The molecule has 15 heavy (non-hydrogen) atoms. The van der Waals surface area contributed by atoms with Crippen molar-refractivity contribution in [1.82, 2.24) is 0 Å². The third kappa shape index (κ3) is 2.13. The number of benzene rings is 1. The van der Waals surface area contributed by atoms with Gasteiger partial charge >= 0.3 is 0 Å². The van der Waals surface area contributed by atoms with Crippen molar-refractivity contribution in [2.45, 2.75) is 12.8 Å². The van der Waals surface area contributed by atoms with Crippen molar-refractivity contribution in [2.24, 2.45) is 4.99 Å². The van der Waals surface area contributed by atoms with E-state index in [1.54, 1.807) is 12.1 Å². The van der Waals surface area contributed by atoms with E-state index in [0.29, 0.717) is 11.3 Å². The number of nitrogens with zero attached hydrogens (tertiary/aromatic N) is 2. The van der Waals surface area contributed by atoms with E-state index < -0.39 is 5.82 Å². The lowest BCUT2D eigenvalue weighted by atomic mass is 10.2. The number of halogens is 1. The molecule has 3 nitrogen and oxygen atoms in total. The lowest BCUT2D eigenvalue weighted by Gasteiger charge is -2.06. The molecule has 76 valence electrons. The molecular formula is C11H10FN3. The average Bonchev–Trinajstić information content (AvgIpc) is 2.74. The summed E-state index contributed by atoms with van der Waals surface area (Å²) in [5.41, 5.74) is 0.709. The van der Waals surface area contributed by atoms with Crippen LogP contribution in [-0.2, 0) is 0 Å². The summed E-state index contributed by atoms with van der Waals surface area (Å²) in [4.78, 5) is 4.19. The molecular weight excluding hydrogens is 193 g/mol. The Morgan fingerprint density at radius 2 is 2.33 bits per heavy atom. The Balaban J connectivity index is 2.19. The largest absolute Gasteiger partial charge is 0.342 e. The first-order valence-electron chi connectivity index (χ1n) is 4.79. The van der Waals surface area contributed by atoms with Crippen LogP contribution in [0.25, 0.3) is 0 Å². The molecule has 2 rings (SSSR count). The average molecular weight is 203 g/mol. The second-order valence-electron chi connectivity index (χ2n) is 3.36. The van der Waals surface area contributed by atoms with Gasteiger partial charge in [0.25, 0.3) is 0 Å². The lowest BCUT2D eigenvalue weighted by Crippen LogP contribution is -2.09. The third-order valence-electron chi connectivity index (χ3n) is 2.25. The summed E-state index contributed by atoms with van der Waals surface area (Å²) in [5.74, 6) is 0.405. The maximum Gasteiger partial charge on any atom is 0.147 e. The number of rotatable bonds is 1. The normalized spacial score (nSPS) is 14.5. The van der Waals surface area contributed by atoms with Gasteiger partial charge in [0.2, 0.25) is 0 Å². The van der Waals surface area contributed by atoms with Gasteiger partial charge in [-0.3, -0.25) is 4.99 Å². The van der Waals surface area contributed by atoms with E-state index in [1.165, 1.54) is 6.07 Å². The van der Waals surface area contributed by atoms with Crippen LogP contribution >= 0.6 is 0 Å². The van der Waals surface area contributed by atoms with Crippen LogP contribution in [0.15, 0.2) is 23.2 Å². The number of nitrogens with one attached hydrogen (secondary N) is 1. The van der Waals surface area contributed by atoms with Crippen molar-refractivity contribution in [1.29, 1.82) is 5.26 Å². The van der Waals surface area contributed by atoms with Crippen LogP contribution < -0.4 is 5.32 Å². The fraction of sp³-hybridized carbons (Fsp3) is 0.273. The van der Waals surface area contributed by atoms with Crippen molar-refractivity contribution in [3.63, 3.8) is 0 Å². The van der Waals surface area contributed by atoms with Gasteiger partial charge < -0.3 is 5.32 Å². The monoisotopic (exact) mass is 203 g/mol. The summed E-state index contributed by atoms with van der Waals surface area (Å²) < 4.78 is 13.4. The van der Waals surface area contributed by atoms with Gasteiger partial charge in [-0.25, -0.2) is 4.39 Å². The van der Waals surface area contributed by atoms with Crippen LogP contribution in [0.5, 0.6) is 0 Å². The SMILES string of the molecule is N#Cc1ccc(NC2=NCCC2)c(F)c1. The molecule has 0 saturated heterocycles. The van der Waals surface area contributed by atoms with Crippen LogP contribution in [0, 0.1) is 17.1 Å². The highest BCUT2D eigenvalue weighted by Gasteiger charge is 2.09. The van der Waals surface area contributed by atoms with E-state index in [9.17, 15) is 4.39 Å². The number of nitriles is 1. The van der Waals surface area contributed by atoms with Gasteiger partial charge in [0.1, 0.15) is 11.7 Å². The minimum Gasteiger partial charge on any atom is -0.342 e. The highest BCUT2D eigenvalue weighted by molar-refractivity contribution is 5.96. The smallest absolute Gasteiger partial charge is 0.147 e. The van der Waals surface area contributed by atoms with Gasteiger partial charge in [0, 0.05) is 13.0 Å². The molecule has 0 amide bonds. The van der Waals surface area contributed by atoms with Crippen molar-refractivity contribution in [3.05, 3.63) is 29.6 Å². The van der Waals surface area contributed by atoms with E-state index in [4.69, 9.17) is 5.26 Å². The summed E-state index contributed by atoms with van der Waals surface area (Å²) in [6.45, 7) is 0.806. The molecule has 0 spiro atoms. The van der Waals surface area contributed by atoms with E-state index in [1.807, 2.05) is 6.07 Å². The third-order valence-corrected chi connectivity index (χ3v) is 2.25. The zero-order valence-electron chi connectivity index (χ0n) is 8.13. The van der Waals surface area contributed by atoms with Crippen molar-refractivity contribution in [3.8, 4) is 6.07 Å². The number of amidine groups is 1.